The lowest BCUT2D eigenvalue weighted by atomic mass is 10.0. The number of hydrogen-bond donors (Lipinski definition) is 1. The molecule has 2 heterocycles. The van der Waals surface area contributed by atoms with E-state index in [1.54, 1.807) is 4.90 Å². The van der Waals surface area contributed by atoms with Gasteiger partial charge in [-0.25, -0.2) is 0 Å². The zero-order valence-corrected chi connectivity index (χ0v) is 16.0. The highest BCUT2D eigenvalue weighted by atomic mass is 16.6. The van der Waals surface area contributed by atoms with Crippen LogP contribution in [0.5, 0.6) is 0 Å². The van der Waals surface area contributed by atoms with E-state index in [1.807, 2.05) is 54.6 Å². The topological polar surface area (TPSA) is 107 Å². The standard InChI is InChI=1S/C21H21N5O3/c1-28-24-17-11-18(20-23-19(12-22)25-29-20)26(13-17)21(27)16-9-7-15(8-10-16)14-5-3-2-4-6-14/h2-10,18H,11-13,22H2,1H3. The Bertz CT molecular complexity index is 1010. The van der Waals surface area contributed by atoms with Gasteiger partial charge in [-0.05, 0) is 23.3 Å². The van der Waals surface area contributed by atoms with Crippen LogP contribution in [0.4, 0.5) is 0 Å². The molecule has 4 rings (SSSR count). The van der Waals surface area contributed by atoms with Gasteiger partial charge in [0.2, 0.25) is 5.89 Å². The van der Waals surface area contributed by atoms with Gasteiger partial charge in [-0.2, -0.15) is 4.98 Å². The Labute approximate surface area is 168 Å². The molecule has 0 spiro atoms. The first kappa shape index (κ1) is 18.8. The van der Waals surface area contributed by atoms with Crippen LogP contribution >= 0.6 is 0 Å². The summed E-state index contributed by atoms with van der Waals surface area (Å²) in [6.45, 7) is 0.502. The van der Waals surface area contributed by atoms with E-state index in [4.69, 9.17) is 15.1 Å². The lowest BCUT2D eigenvalue weighted by Crippen LogP contribution is -2.31. The molecule has 3 aromatic rings. The predicted molar refractivity (Wildman–Crippen MR) is 107 cm³/mol. The van der Waals surface area contributed by atoms with Gasteiger partial charge in [0.05, 0.1) is 18.8 Å². The maximum atomic E-state index is 13.2. The maximum Gasteiger partial charge on any atom is 0.254 e. The number of rotatable bonds is 5. The smallest absolute Gasteiger partial charge is 0.254 e. The fourth-order valence-electron chi connectivity index (χ4n) is 3.42. The molecule has 0 bridgehead atoms. The summed E-state index contributed by atoms with van der Waals surface area (Å²) >= 11 is 0. The second-order valence-electron chi connectivity index (χ2n) is 6.69. The minimum Gasteiger partial charge on any atom is -0.399 e. The van der Waals surface area contributed by atoms with Crippen molar-refractivity contribution in [1.29, 1.82) is 0 Å². The summed E-state index contributed by atoms with van der Waals surface area (Å²) in [5, 5.41) is 7.86. The first-order chi connectivity index (χ1) is 14.2. The lowest BCUT2D eigenvalue weighted by molar-refractivity contribution is 0.0713. The van der Waals surface area contributed by atoms with E-state index in [9.17, 15) is 4.79 Å². The van der Waals surface area contributed by atoms with Gasteiger partial charge in [-0.3, -0.25) is 4.79 Å². The number of amides is 1. The van der Waals surface area contributed by atoms with Gasteiger partial charge >= 0.3 is 0 Å². The molecule has 8 nitrogen and oxygen atoms in total. The molecule has 0 aliphatic carbocycles. The molecule has 1 fully saturated rings. The molecule has 8 heteroatoms. The Morgan fingerprint density at radius 2 is 1.93 bits per heavy atom. The minimum absolute atomic E-state index is 0.136. The average Bonchev–Trinajstić information content (AvgIpc) is 3.41. The zero-order valence-electron chi connectivity index (χ0n) is 16.0. The van der Waals surface area contributed by atoms with Crippen molar-refractivity contribution < 1.29 is 14.2 Å². The molecule has 2 N–H and O–H groups in total. The monoisotopic (exact) mass is 391 g/mol. The van der Waals surface area contributed by atoms with Gasteiger partial charge in [0.15, 0.2) is 5.82 Å². The van der Waals surface area contributed by atoms with Crippen LogP contribution in [0.2, 0.25) is 0 Å². The molecule has 1 unspecified atom stereocenters. The second-order valence-corrected chi connectivity index (χ2v) is 6.69. The molecule has 1 aromatic heterocycles. The van der Waals surface area contributed by atoms with Crippen LogP contribution in [0.1, 0.15) is 34.5 Å². The van der Waals surface area contributed by atoms with Gasteiger partial charge in [0.1, 0.15) is 13.2 Å². The summed E-state index contributed by atoms with van der Waals surface area (Å²) in [7, 11) is 1.48. The molecule has 148 valence electrons. The number of likely N-dealkylation sites (tertiary alicyclic amines) is 1. The van der Waals surface area contributed by atoms with Crippen molar-refractivity contribution in [1.82, 2.24) is 15.0 Å². The summed E-state index contributed by atoms with van der Waals surface area (Å²) in [6.07, 6.45) is 0.466. The van der Waals surface area contributed by atoms with Gasteiger partial charge in [-0.15, -0.1) is 0 Å². The highest BCUT2D eigenvalue weighted by molar-refractivity contribution is 6.00. The number of nitrogens with two attached hydrogens (primary N) is 1. The fraction of sp³-hybridized carbons (Fsp3) is 0.238. The van der Waals surface area contributed by atoms with E-state index < -0.39 is 6.04 Å². The van der Waals surface area contributed by atoms with Gasteiger partial charge in [0.25, 0.3) is 5.91 Å². The highest BCUT2D eigenvalue weighted by Crippen LogP contribution is 2.31. The van der Waals surface area contributed by atoms with Crippen LogP contribution in [-0.2, 0) is 11.4 Å². The van der Waals surface area contributed by atoms with Gasteiger partial charge < -0.3 is 20.0 Å². The van der Waals surface area contributed by atoms with E-state index in [1.165, 1.54) is 7.11 Å². The summed E-state index contributed by atoms with van der Waals surface area (Å²) < 4.78 is 5.33. The average molecular weight is 391 g/mol. The number of carbonyl (C=O) groups excluding carboxylic acids is 1. The number of oxime groups is 1. The molecular formula is C21H21N5O3. The Balaban J connectivity index is 1.60. The molecule has 0 saturated carbocycles. The van der Waals surface area contributed by atoms with Crippen molar-refractivity contribution in [2.24, 2.45) is 10.9 Å². The van der Waals surface area contributed by atoms with E-state index in [0.717, 1.165) is 16.8 Å². The molecular weight excluding hydrogens is 370 g/mol. The van der Waals surface area contributed by atoms with E-state index >= 15 is 0 Å². The number of nitrogens with zero attached hydrogens (tertiary/aromatic N) is 4. The summed E-state index contributed by atoms with van der Waals surface area (Å²) in [6, 6.07) is 17.1. The van der Waals surface area contributed by atoms with Crippen molar-refractivity contribution in [3.63, 3.8) is 0 Å². The molecule has 1 atom stereocenters. The quantitative estimate of drug-likeness (QED) is 0.670. The van der Waals surface area contributed by atoms with Crippen molar-refractivity contribution in [2.75, 3.05) is 13.7 Å². The van der Waals surface area contributed by atoms with Gasteiger partial charge in [-0.1, -0.05) is 52.8 Å². The second kappa shape index (κ2) is 8.24. The molecule has 1 saturated heterocycles. The molecule has 1 aliphatic rings. The third kappa shape index (κ3) is 3.88. The first-order valence-corrected chi connectivity index (χ1v) is 9.27. The maximum absolute atomic E-state index is 13.2. The largest absolute Gasteiger partial charge is 0.399 e. The Kier molecular flexibility index (Phi) is 5.35. The number of benzene rings is 2. The summed E-state index contributed by atoms with van der Waals surface area (Å²) in [5.74, 6) is 0.612. The van der Waals surface area contributed by atoms with E-state index in [2.05, 4.69) is 15.3 Å². The van der Waals surface area contributed by atoms with Crippen LogP contribution in [0.3, 0.4) is 0 Å². The number of carbonyl (C=O) groups is 1. The Morgan fingerprint density at radius 1 is 1.21 bits per heavy atom. The van der Waals surface area contributed by atoms with Crippen LogP contribution in [0, 0.1) is 0 Å². The van der Waals surface area contributed by atoms with Gasteiger partial charge in [0, 0.05) is 12.0 Å². The predicted octanol–water partition coefficient (Wildman–Crippen LogP) is 2.78. The molecule has 29 heavy (non-hydrogen) atoms. The van der Waals surface area contributed by atoms with Crippen molar-refractivity contribution in [2.45, 2.75) is 19.0 Å². The van der Waals surface area contributed by atoms with Crippen LogP contribution in [0.25, 0.3) is 11.1 Å². The molecule has 1 amide bonds. The van der Waals surface area contributed by atoms with Crippen molar-refractivity contribution in [3.05, 3.63) is 71.9 Å². The molecule has 0 radical (unpaired) electrons. The van der Waals surface area contributed by atoms with E-state index in [-0.39, 0.29) is 12.5 Å². The van der Waals surface area contributed by atoms with E-state index in [0.29, 0.717) is 30.2 Å². The first-order valence-electron chi connectivity index (χ1n) is 9.27. The number of hydrogen-bond acceptors (Lipinski definition) is 7. The lowest BCUT2D eigenvalue weighted by Gasteiger charge is -2.21. The normalized spacial score (nSPS) is 17.7. The van der Waals surface area contributed by atoms with Crippen LogP contribution in [-0.4, -0.2) is 40.3 Å². The fourth-order valence-corrected chi connectivity index (χ4v) is 3.42. The molecule has 1 aliphatic heterocycles. The minimum atomic E-state index is -0.405. The van der Waals surface area contributed by atoms with Crippen LogP contribution in [0.15, 0.2) is 64.3 Å². The Hall–Kier alpha value is -3.52. The highest BCUT2D eigenvalue weighted by Gasteiger charge is 2.38. The third-order valence-electron chi connectivity index (χ3n) is 4.83. The van der Waals surface area contributed by atoms with Crippen molar-refractivity contribution >= 4 is 11.6 Å². The zero-order chi connectivity index (χ0) is 20.2. The van der Waals surface area contributed by atoms with Crippen LogP contribution < -0.4 is 5.73 Å². The third-order valence-corrected chi connectivity index (χ3v) is 4.83. The van der Waals surface area contributed by atoms with Crippen molar-refractivity contribution in [3.8, 4) is 11.1 Å². The number of aromatic nitrogens is 2. The Morgan fingerprint density at radius 3 is 2.59 bits per heavy atom. The molecule has 2 aromatic carbocycles. The summed E-state index contributed by atoms with van der Waals surface area (Å²) in [5.41, 5.74) is 9.03. The SMILES string of the molecule is CON=C1CC(c2nc(CN)no2)N(C(=O)c2ccc(-c3ccccc3)cc2)C1. The summed E-state index contributed by atoms with van der Waals surface area (Å²) in [4.78, 5) is 24.1.